The van der Waals surface area contributed by atoms with Crippen molar-refractivity contribution >= 4 is 57.7 Å². The lowest BCUT2D eigenvalue weighted by Crippen LogP contribution is -2.30. The van der Waals surface area contributed by atoms with Crippen LogP contribution in [0.15, 0.2) is 126 Å². The first kappa shape index (κ1) is 29.9. The molecule has 44 heavy (non-hydrogen) atoms. The number of anilines is 2. The van der Waals surface area contributed by atoms with E-state index < -0.39 is 11.8 Å². The van der Waals surface area contributed by atoms with Gasteiger partial charge in [0.1, 0.15) is 17.2 Å². The van der Waals surface area contributed by atoms with E-state index in [2.05, 4.69) is 16.0 Å². The van der Waals surface area contributed by atoms with E-state index in [0.29, 0.717) is 22.6 Å². The van der Waals surface area contributed by atoms with E-state index in [4.69, 9.17) is 4.74 Å². The van der Waals surface area contributed by atoms with Gasteiger partial charge >= 0.3 is 0 Å². The largest absolute Gasteiger partial charge is 0.508 e. The van der Waals surface area contributed by atoms with Gasteiger partial charge in [-0.3, -0.25) is 14.4 Å². The number of ether oxygens (including phenoxy) is 1. The Kier molecular flexibility index (Phi) is 9.58. The van der Waals surface area contributed by atoms with Crippen LogP contribution in [0, 0.1) is 0 Å². The molecule has 9 heteroatoms. The molecule has 0 aromatic heterocycles. The van der Waals surface area contributed by atoms with Gasteiger partial charge in [-0.25, -0.2) is 0 Å². The van der Waals surface area contributed by atoms with E-state index in [9.17, 15) is 19.5 Å². The second-order valence-corrected chi connectivity index (χ2v) is 10.7. The zero-order valence-electron chi connectivity index (χ0n) is 23.7. The van der Waals surface area contributed by atoms with Crippen LogP contribution in [0.3, 0.4) is 0 Å². The van der Waals surface area contributed by atoms with Crippen molar-refractivity contribution in [3.63, 3.8) is 0 Å². The van der Waals surface area contributed by atoms with Gasteiger partial charge in [0, 0.05) is 33.5 Å². The fourth-order valence-corrected chi connectivity index (χ4v) is 5.15. The fourth-order valence-electron chi connectivity index (χ4n) is 4.39. The molecule has 0 fully saturated rings. The van der Waals surface area contributed by atoms with Crippen molar-refractivity contribution in [1.29, 1.82) is 0 Å². The molecule has 0 saturated heterocycles. The number of aromatic hydroxyl groups is 1. The zero-order valence-corrected chi connectivity index (χ0v) is 24.6. The number of thioether (sulfide) groups is 1. The van der Waals surface area contributed by atoms with Crippen LogP contribution in [-0.2, 0) is 9.59 Å². The number of nitrogens with one attached hydrogen (secondary N) is 3. The molecule has 0 radical (unpaired) electrons. The van der Waals surface area contributed by atoms with Crippen LogP contribution in [-0.4, -0.2) is 35.7 Å². The highest BCUT2D eigenvalue weighted by Crippen LogP contribution is 2.27. The van der Waals surface area contributed by atoms with E-state index in [1.54, 1.807) is 54.6 Å². The van der Waals surface area contributed by atoms with Crippen LogP contribution in [0.4, 0.5) is 11.4 Å². The van der Waals surface area contributed by atoms with Gasteiger partial charge in [-0.1, -0.05) is 54.6 Å². The minimum atomic E-state index is -0.569. The highest BCUT2D eigenvalue weighted by atomic mass is 32.2. The Morgan fingerprint density at radius 1 is 0.773 bits per heavy atom. The van der Waals surface area contributed by atoms with E-state index in [1.807, 2.05) is 48.5 Å². The lowest BCUT2D eigenvalue weighted by molar-refractivity contribution is -0.114. The average molecular weight is 604 g/mol. The standard InChI is InChI=1S/C35H29N3O5S/c1-43-32-21-29(39)17-15-26(32)19-31(38-34(41)24-9-3-2-4-10-24)35(42)37-27-12-7-13-30(20-27)44-22-33(40)36-28-16-14-23-8-5-6-11-25(23)18-28/h2-21,39H,22H2,1H3,(H,36,40)(H,37,42)(H,38,41)/b31-19+. The molecule has 0 aliphatic heterocycles. The van der Waals surface area contributed by atoms with Gasteiger partial charge in [-0.2, -0.15) is 0 Å². The van der Waals surface area contributed by atoms with Crippen LogP contribution < -0.4 is 20.7 Å². The van der Waals surface area contributed by atoms with Crippen LogP contribution in [0.1, 0.15) is 15.9 Å². The normalized spacial score (nSPS) is 11.1. The highest BCUT2D eigenvalue weighted by molar-refractivity contribution is 8.00. The molecule has 0 saturated carbocycles. The maximum atomic E-state index is 13.5. The first-order chi connectivity index (χ1) is 21.4. The fraction of sp³-hybridized carbons (Fsp3) is 0.0571. The van der Waals surface area contributed by atoms with E-state index >= 15 is 0 Å². The third kappa shape index (κ3) is 7.84. The maximum absolute atomic E-state index is 13.5. The molecule has 3 amide bonds. The summed E-state index contributed by atoms with van der Waals surface area (Å²) in [5.74, 6) is -0.699. The predicted molar refractivity (Wildman–Crippen MR) is 175 cm³/mol. The van der Waals surface area contributed by atoms with Crippen molar-refractivity contribution in [2.24, 2.45) is 0 Å². The van der Waals surface area contributed by atoms with Crippen molar-refractivity contribution in [2.75, 3.05) is 23.5 Å². The summed E-state index contributed by atoms with van der Waals surface area (Å²) in [4.78, 5) is 39.9. The molecule has 0 spiro atoms. The van der Waals surface area contributed by atoms with Gasteiger partial charge in [-0.05, 0) is 71.4 Å². The molecule has 0 aliphatic rings. The number of phenolic OH excluding ortho intramolecular Hbond substituents is 1. The second-order valence-electron chi connectivity index (χ2n) is 9.69. The van der Waals surface area contributed by atoms with Crippen molar-refractivity contribution in [2.45, 2.75) is 4.90 Å². The molecular weight excluding hydrogens is 574 g/mol. The number of carbonyl (C=O) groups excluding carboxylic acids is 3. The summed E-state index contributed by atoms with van der Waals surface area (Å²) in [5, 5.41) is 20.4. The number of rotatable bonds is 10. The molecule has 0 unspecified atom stereocenters. The molecule has 8 nitrogen and oxygen atoms in total. The Balaban J connectivity index is 1.28. The molecule has 0 aliphatic carbocycles. The SMILES string of the molecule is COc1cc(O)ccc1/C=C(/NC(=O)c1ccccc1)C(=O)Nc1cccc(SCC(=O)Nc2ccc3ccccc3c2)c1. The number of hydrogen-bond acceptors (Lipinski definition) is 6. The summed E-state index contributed by atoms with van der Waals surface area (Å²) in [6.45, 7) is 0. The predicted octanol–water partition coefficient (Wildman–Crippen LogP) is 6.69. The summed E-state index contributed by atoms with van der Waals surface area (Å²) >= 11 is 1.33. The first-order valence-corrected chi connectivity index (χ1v) is 14.6. The monoisotopic (exact) mass is 603 g/mol. The molecule has 5 rings (SSSR count). The number of methoxy groups -OCH3 is 1. The van der Waals surface area contributed by atoms with Gasteiger partial charge in [0.25, 0.3) is 11.8 Å². The number of carbonyl (C=O) groups is 3. The maximum Gasteiger partial charge on any atom is 0.272 e. The molecule has 0 bridgehead atoms. The van der Waals surface area contributed by atoms with Gasteiger partial charge in [0.15, 0.2) is 0 Å². The smallest absolute Gasteiger partial charge is 0.272 e. The van der Waals surface area contributed by atoms with Crippen molar-refractivity contribution < 1.29 is 24.2 Å². The second kappa shape index (κ2) is 14.1. The molecule has 5 aromatic carbocycles. The molecule has 0 heterocycles. The van der Waals surface area contributed by atoms with Gasteiger partial charge in [-0.15, -0.1) is 11.8 Å². The Bertz CT molecular complexity index is 1860. The number of hydrogen-bond donors (Lipinski definition) is 4. The summed E-state index contributed by atoms with van der Waals surface area (Å²) in [5.41, 5.74) is 2.02. The third-order valence-electron chi connectivity index (χ3n) is 6.54. The van der Waals surface area contributed by atoms with E-state index in [-0.39, 0.29) is 23.1 Å². The Morgan fingerprint density at radius 3 is 2.32 bits per heavy atom. The minimum absolute atomic E-state index is 0.00131. The Morgan fingerprint density at radius 2 is 1.52 bits per heavy atom. The number of phenols is 1. The van der Waals surface area contributed by atoms with Crippen LogP contribution in [0.5, 0.6) is 11.5 Å². The molecular formula is C35H29N3O5S. The van der Waals surface area contributed by atoms with Crippen molar-refractivity contribution in [1.82, 2.24) is 5.32 Å². The average Bonchev–Trinajstić information content (AvgIpc) is 3.04. The number of benzene rings is 5. The lowest BCUT2D eigenvalue weighted by Gasteiger charge is -2.13. The topological polar surface area (TPSA) is 117 Å². The molecule has 0 atom stereocenters. The van der Waals surface area contributed by atoms with Gasteiger partial charge in [0.05, 0.1) is 12.9 Å². The quantitative estimate of drug-likeness (QED) is 0.104. The number of fused-ring (bicyclic) bond motifs is 1. The zero-order chi connectivity index (χ0) is 30.9. The summed E-state index contributed by atoms with van der Waals surface area (Å²) < 4.78 is 5.35. The summed E-state index contributed by atoms with van der Waals surface area (Å²) in [6.07, 6.45) is 1.48. The Labute approximate surface area is 258 Å². The minimum Gasteiger partial charge on any atom is -0.508 e. The van der Waals surface area contributed by atoms with E-state index in [0.717, 1.165) is 21.4 Å². The first-order valence-electron chi connectivity index (χ1n) is 13.7. The van der Waals surface area contributed by atoms with Crippen LogP contribution >= 0.6 is 11.8 Å². The summed E-state index contributed by atoms with van der Waals surface area (Å²) in [7, 11) is 1.44. The molecule has 4 N–H and O–H groups in total. The molecule has 5 aromatic rings. The van der Waals surface area contributed by atoms with Crippen LogP contribution in [0.2, 0.25) is 0 Å². The van der Waals surface area contributed by atoms with Crippen LogP contribution in [0.25, 0.3) is 16.8 Å². The highest BCUT2D eigenvalue weighted by Gasteiger charge is 2.17. The third-order valence-corrected chi connectivity index (χ3v) is 7.53. The lowest BCUT2D eigenvalue weighted by atomic mass is 10.1. The number of amides is 3. The van der Waals surface area contributed by atoms with E-state index in [1.165, 1.54) is 37.1 Å². The molecule has 220 valence electrons. The van der Waals surface area contributed by atoms with Crippen molar-refractivity contribution in [3.05, 3.63) is 132 Å². The van der Waals surface area contributed by atoms with Gasteiger partial charge in [0.2, 0.25) is 5.91 Å². The Hall–Kier alpha value is -5.54. The van der Waals surface area contributed by atoms with Gasteiger partial charge < -0.3 is 25.8 Å². The summed E-state index contributed by atoms with van der Waals surface area (Å²) in [6, 6.07) is 33.8. The van der Waals surface area contributed by atoms with Crippen molar-refractivity contribution in [3.8, 4) is 11.5 Å².